The molecular weight excluding hydrogens is 486 g/mol. The zero-order chi connectivity index (χ0) is 27.5. The highest BCUT2D eigenvalue weighted by molar-refractivity contribution is 5.88. The van der Waals surface area contributed by atoms with Gasteiger partial charge in [-0.05, 0) is 62.8 Å². The number of esters is 1. The van der Waals surface area contributed by atoms with Crippen molar-refractivity contribution in [2.75, 3.05) is 6.61 Å². The lowest BCUT2D eigenvalue weighted by molar-refractivity contribution is -0.154. The Hall–Kier alpha value is -2.13. The van der Waals surface area contributed by atoms with Crippen LogP contribution in [0.4, 0.5) is 0 Å². The van der Waals surface area contributed by atoms with Crippen LogP contribution in [0.3, 0.4) is 0 Å². The number of hydrogen-bond acceptors (Lipinski definition) is 8. The second-order valence-electron chi connectivity index (χ2n) is 12.1. The maximum absolute atomic E-state index is 13.7. The highest BCUT2D eigenvalue weighted by Crippen LogP contribution is 2.44. The van der Waals surface area contributed by atoms with Crippen molar-refractivity contribution < 1.29 is 34.0 Å². The van der Waals surface area contributed by atoms with Crippen LogP contribution in [-0.4, -0.2) is 69.7 Å². The minimum atomic E-state index is -1.25. The second kappa shape index (κ2) is 11.9. The first-order valence-electron chi connectivity index (χ1n) is 14.0. The molecule has 8 unspecified atom stereocenters. The van der Waals surface area contributed by atoms with E-state index in [9.17, 15) is 19.8 Å². The summed E-state index contributed by atoms with van der Waals surface area (Å²) in [6, 6.07) is 5.59. The summed E-state index contributed by atoms with van der Waals surface area (Å²) >= 11 is 0. The standard InChI is InChI=1S/C30H43NO7/c1-19-8-7-14-30(4)25(38-30)16-21(11-10-20-9-5-6-15-31-20)37-26(33)17-24(32)29(2,3)28(35)23(27(19)34)13-12-22-18-36-22/h5-6,9-11,15,19,21-25,27,32,34H,7-8,12-14,16-18H2,1-4H3. The van der Waals surface area contributed by atoms with E-state index in [1.807, 2.05) is 37.3 Å². The monoisotopic (exact) mass is 529 g/mol. The lowest BCUT2D eigenvalue weighted by Crippen LogP contribution is -2.46. The molecule has 8 heteroatoms. The molecule has 38 heavy (non-hydrogen) atoms. The van der Waals surface area contributed by atoms with Gasteiger partial charge in [0.25, 0.3) is 0 Å². The SMILES string of the molecule is CC1CCCC2(C)OC2CC(C=Cc2ccccn2)OC(=O)CC(O)C(C)(C)C(=O)C(CCC2CO2)C1O. The van der Waals surface area contributed by atoms with E-state index in [0.717, 1.165) is 25.0 Å². The fraction of sp³-hybridized carbons (Fsp3) is 0.700. The van der Waals surface area contributed by atoms with Gasteiger partial charge >= 0.3 is 5.97 Å². The summed E-state index contributed by atoms with van der Waals surface area (Å²) in [6.07, 6.45) is 6.53. The number of cyclic esters (lactones) is 1. The summed E-state index contributed by atoms with van der Waals surface area (Å²) < 4.78 is 17.2. The average Bonchev–Trinajstić information content (AvgIpc) is 3.80. The van der Waals surface area contributed by atoms with Crippen LogP contribution in [0.2, 0.25) is 0 Å². The highest BCUT2D eigenvalue weighted by atomic mass is 16.6. The van der Waals surface area contributed by atoms with Crippen LogP contribution in [0, 0.1) is 17.3 Å². The molecule has 0 saturated carbocycles. The molecule has 210 valence electrons. The number of ether oxygens (including phenoxy) is 3. The van der Waals surface area contributed by atoms with Gasteiger partial charge in [-0.3, -0.25) is 14.6 Å². The van der Waals surface area contributed by atoms with Crippen molar-refractivity contribution >= 4 is 17.8 Å². The Labute approximate surface area is 225 Å². The van der Waals surface area contributed by atoms with Crippen molar-refractivity contribution in [1.82, 2.24) is 4.98 Å². The molecule has 3 aliphatic rings. The number of epoxide rings is 2. The van der Waals surface area contributed by atoms with Gasteiger partial charge in [-0.1, -0.05) is 33.3 Å². The molecule has 4 rings (SSSR count). The second-order valence-corrected chi connectivity index (χ2v) is 12.1. The first-order valence-corrected chi connectivity index (χ1v) is 14.0. The summed E-state index contributed by atoms with van der Waals surface area (Å²) in [5, 5.41) is 22.3. The van der Waals surface area contributed by atoms with E-state index in [1.54, 1.807) is 20.0 Å². The van der Waals surface area contributed by atoms with Gasteiger partial charge in [0, 0.05) is 18.5 Å². The van der Waals surface area contributed by atoms with Gasteiger partial charge in [0.15, 0.2) is 0 Å². The zero-order valence-corrected chi connectivity index (χ0v) is 23.0. The topological polar surface area (TPSA) is 122 Å². The molecular formula is C30H43NO7. The number of aromatic nitrogens is 1. The summed E-state index contributed by atoms with van der Waals surface area (Å²) in [5.74, 6) is -1.54. The Kier molecular flexibility index (Phi) is 9.07. The van der Waals surface area contributed by atoms with E-state index in [2.05, 4.69) is 11.9 Å². The zero-order valence-electron chi connectivity index (χ0n) is 23.0. The maximum Gasteiger partial charge on any atom is 0.309 e. The van der Waals surface area contributed by atoms with Crippen LogP contribution in [0.25, 0.3) is 6.08 Å². The summed E-state index contributed by atoms with van der Waals surface area (Å²) in [5.41, 5.74) is -0.800. The molecule has 0 spiro atoms. The molecule has 1 aromatic rings. The van der Waals surface area contributed by atoms with Crippen molar-refractivity contribution in [2.24, 2.45) is 17.3 Å². The van der Waals surface area contributed by atoms with Gasteiger partial charge in [0.05, 0.1) is 54.2 Å². The molecule has 0 bridgehead atoms. The van der Waals surface area contributed by atoms with E-state index in [-0.39, 0.29) is 35.9 Å². The number of fused-ring (bicyclic) bond motifs is 1. The number of hydrogen-bond donors (Lipinski definition) is 2. The van der Waals surface area contributed by atoms with Crippen LogP contribution in [0.15, 0.2) is 30.5 Å². The first-order chi connectivity index (χ1) is 18.0. The first kappa shape index (κ1) is 28.9. The lowest BCUT2D eigenvalue weighted by Gasteiger charge is -2.36. The molecule has 0 aliphatic carbocycles. The van der Waals surface area contributed by atoms with Crippen LogP contribution >= 0.6 is 0 Å². The number of nitrogens with zero attached hydrogens (tertiary/aromatic N) is 1. The van der Waals surface area contributed by atoms with Crippen molar-refractivity contribution in [1.29, 1.82) is 0 Å². The predicted molar refractivity (Wildman–Crippen MR) is 142 cm³/mol. The molecule has 0 aromatic carbocycles. The number of ketones is 1. The molecule has 4 heterocycles. The fourth-order valence-corrected chi connectivity index (χ4v) is 5.54. The molecule has 3 aliphatic heterocycles. The number of Topliss-reactive ketones (excluding diaryl/α,β-unsaturated/α-hetero) is 1. The maximum atomic E-state index is 13.7. The van der Waals surface area contributed by atoms with Gasteiger partial charge in [0.2, 0.25) is 0 Å². The van der Waals surface area contributed by atoms with E-state index >= 15 is 0 Å². The molecule has 8 atom stereocenters. The van der Waals surface area contributed by atoms with Crippen molar-refractivity contribution in [3.05, 3.63) is 36.2 Å². The van der Waals surface area contributed by atoms with E-state index < -0.39 is 35.6 Å². The average molecular weight is 530 g/mol. The van der Waals surface area contributed by atoms with Crippen LogP contribution in [0.1, 0.15) is 78.3 Å². The number of pyridine rings is 1. The number of aliphatic hydroxyl groups is 2. The molecule has 2 N–H and O–H groups in total. The Bertz CT molecular complexity index is 992. The molecule has 3 saturated heterocycles. The largest absolute Gasteiger partial charge is 0.458 e. The predicted octanol–water partition coefficient (Wildman–Crippen LogP) is 3.88. The number of rotatable bonds is 5. The lowest BCUT2D eigenvalue weighted by atomic mass is 9.71. The quantitative estimate of drug-likeness (QED) is 0.435. The van der Waals surface area contributed by atoms with Crippen LogP contribution in [0.5, 0.6) is 0 Å². The smallest absolute Gasteiger partial charge is 0.309 e. The van der Waals surface area contributed by atoms with Crippen LogP contribution < -0.4 is 0 Å². The molecule has 0 amide bonds. The van der Waals surface area contributed by atoms with Crippen LogP contribution in [-0.2, 0) is 23.8 Å². The molecule has 8 nitrogen and oxygen atoms in total. The van der Waals surface area contributed by atoms with Gasteiger partial charge in [-0.15, -0.1) is 0 Å². The van der Waals surface area contributed by atoms with Crippen molar-refractivity contribution in [3.8, 4) is 0 Å². The minimum absolute atomic E-state index is 0.0592. The normalized spacial score (nSPS) is 38.4. The molecule has 1 aromatic heterocycles. The number of carbonyl (C=O) groups is 2. The third-order valence-electron chi connectivity index (χ3n) is 8.63. The summed E-state index contributed by atoms with van der Waals surface area (Å²) in [7, 11) is 0. The number of carbonyl (C=O) groups excluding carboxylic acids is 2. The van der Waals surface area contributed by atoms with E-state index in [4.69, 9.17) is 14.2 Å². The van der Waals surface area contributed by atoms with E-state index in [1.165, 1.54) is 0 Å². The Morgan fingerprint density at radius 1 is 1.16 bits per heavy atom. The van der Waals surface area contributed by atoms with E-state index in [0.29, 0.717) is 25.9 Å². The third kappa shape index (κ3) is 7.29. The van der Waals surface area contributed by atoms with Gasteiger partial charge in [0.1, 0.15) is 11.9 Å². The van der Waals surface area contributed by atoms with Crippen molar-refractivity contribution in [2.45, 2.75) is 109 Å². The molecule has 0 radical (unpaired) electrons. The molecule has 3 fully saturated rings. The van der Waals surface area contributed by atoms with Gasteiger partial charge in [-0.2, -0.15) is 0 Å². The third-order valence-corrected chi connectivity index (χ3v) is 8.63. The summed E-state index contributed by atoms with van der Waals surface area (Å²) in [4.78, 5) is 31.0. The fourth-order valence-electron chi connectivity index (χ4n) is 5.54. The Balaban J connectivity index is 1.54. The minimum Gasteiger partial charge on any atom is -0.458 e. The number of aliphatic hydroxyl groups excluding tert-OH is 2. The van der Waals surface area contributed by atoms with Crippen molar-refractivity contribution in [3.63, 3.8) is 0 Å². The Morgan fingerprint density at radius 2 is 1.92 bits per heavy atom. The summed E-state index contributed by atoms with van der Waals surface area (Å²) in [6.45, 7) is 8.03. The van der Waals surface area contributed by atoms with Gasteiger partial charge in [-0.25, -0.2) is 0 Å². The Morgan fingerprint density at radius 3 is 2.61 bits per heavy atom. The highest BCUT2D eigenvalue weighted by Gasteiger charge is 2.52. The van der Waals surface area contributed by atoms with Gasteiger partial charge < -0.3 is 24.4 Å².